The molecule has 0 aliphatic carbocycles. The zero-order valence-electron chi connectivity index (χ0n) is 7.96. The number of carboxylic acid groups (broad SMARTS) is 1. The van der Waals surface area contributed by atoms with Gasteiger partial charge in [0.1, 0.15) is 5.75 Å². The SMILES string of the molecule is O=C(O)C(CO)(CO)Oc1ccccc1. The van der Waals surface area contributed by atoms with Crippen LogP contribution < -0.4 is 4.74 Å². The van der Waals surface area contributed by atoms with E-state index < -0.39 is 24.8 Å². The van der Waals surface area contributed by atoms with E-state index in [9.17, 15) is 4.79 Å². The summed E-state index contributed by atoms with van der Waals surface area (Å²) in [7, 11) is 0. The molecule has 0 atom stereocenters. The molecule has 5 heteroatoms. The highest BCUT2D eigenvalue weighted by molar-refractivity contribution is 5.78. The van der Waals surface area contributed by atoms with Crippen molar-refractivity contribution >= 4 is 5.97 Å². The lowest BCUT2D eigenvalue weighted by Crippen LogP contribution is -2.51. The maximum atomic E-state index is 10.8. The van der Waals surface area contributed by atoms with Crippen LogP contribution in [-0.4, -0.2) is 40.1 Å². The Kier molecular flexibility index (Phi) is 3.65. The molecule has 0 heterocycles. The molecular formula is C10H12O5. The van der Waals surface area contributed by atoms with Crippen LogP contribution in [-0.2, 0) is 4.79 Å². The summed E-state index contributed by atoms with van der Waals surface area (Å²) < 4.78 is 5.06. The second-order valence-electron chi connectivity index (χ2n) is 3.03. The Labute approximate surface area is 86.5 Å². The zero-order valence-corrected chi connectivity index (χ0v) is 7.96. The Hall–Kier alpha value is -1.59. The Morgan fingerprint density at radius 2 is 1.73 bits per heavy atom. The Balaban J connectivity index is 2.89. The molecule has 0 aliphatic rings. The van der Waals surface area contributed by atoms with Crippen LogP contribution in [0.3, 0.4) is 0 Å². The van der Waals surface area contributed by atoms with Gasteiger partial charge in [-0.15, -0.1) is 0 Å². The van der Waals surface area contributed by atoms with Gasteiger partial charge in [0, 0.05) is 0 Å². The molecule has 0 spiro atoms. The monoisotopic (exact) mass is 212 g/mol. The second-order valence-corrected chi connectivity index (χ2v) is 3.03. The second kappa shape index (κ2) is 4.77. The van der Waals surface area contributed by atoms with Gasteiger partial charge in [0.25, 0.3) is 5.60 Å². The molecule has 15 heavy (non-hydrogen) atoms. The van der Waals surface area contributed by atoms with Crippen molar-refractivity contribution in [1.29, 1.82) is 0 Å². The molecule has 0 fully saturated rings. The van der Waals surface area contributed by atoms with Crippen molar-refractivity contribution in [1.82, 2.24) is 0 Å². The highest BCUT2D eigenvalue weighted by atomic mass is 16.5. The predicted octanol–water partition coefficient (Wildman–Crippen LogP) is -0.127. The van der Waals surface area contributed by atoms with E-state index in [-0.39, 0.29) is 5.75 Å². The molecule has 3 N–H and O–H groups in total. The average Bonchev–Trinajstić information content (AvgIpc) is 2.27. The van der Waals surface area contributed by atoms with Crippen molar-refractivity contribution in [3.8, 4) is 5.75 Å². The molecule has 1 aromatic rings. The van der Waals surface area contributed by atoms with Crippen molar-refractivity contribution in [3.63, 3.8) is 0 Å². The minimum atomic E-state index is -1.98. The molecule has 5 nitrogen and oxygen atoms in total. The van der Waals surface area contributed by atoms with Gasteiger partial charge < -0.3 is 20.1 Å². The third-order valence-electron chi connectivity index (χ3n) is 1.96. The number of aliphatic hydroxyl groups is 2. The van der Waals surface area contributed by atoms with E-state index in [1.54, 1.807) is 30.3 Å². The largest absolute Gasteiger partial charge is 0.478 e. The highest BCUT2D eigenvalue weighted by Gasteiger charge is 2.40. The topological polar surface area (TPSA) is 87.0 Å². The van der Waals surface area contributed by atoms with Gasteiger partial charge in [-0.25, -0.2) is 4.79 Å². The summed E-state index contributed by atoms with van der Waals surface area (Å²) in [5, 5.41) is 26.7. The van der Waals surface area contributed by atoms with E-state index in [4.69, 9.17) is 20.1 Å². The summed E-state index contributed by atoms with van der Waals surface area (Å²) in [6.07, 6.45) is 0. The Bertz CT molecular complexity index is 318. The highest BCUT2D eigenvalue weighted by Crippen LogP contribution is 2.18. The minimum absolute atomic E-state index is 0.281. The first kappa shape index (κ1) is 11.5. The van der Waals surface area contributed by atoms with E-state index in [0.717, 1.165) is 0 Å². The van der Waals surface area contributed by atoms with Crippen LogP contribution in [0.5, 0.6) is 5.75 Å². The lowest BCUT2D eigenvalue weighted by Gasteiger charge is -2.26. The number of benzene rings is 1. The summed E-state index contributed by atoms with van der Waals surface area (Å²) in [6, 6.07) is 8.16. The standard InChI is InChI=1S/C10H12O5/c11-6-10(7-12,9(13)14)15-8-4-2-1-3-5-8/h1-5,11-12H,6-7H2,(H,13,14). The number of hydrogen-bond acceptors (Lipinski definition) is 4. The third-order valence-corrected chi connectivity index (χ3v) is 1.96. The number of ether oxygens (including phenoxy) is 1. The average molecular weight is 212 g/mol. The first-order valence-electron chi connectivity index (χ1n) is 4.34. The first-order valence-corrected chi connectivity index (χ1v) is 4.34. The van der Waals surface area contributed by atoms with E-state index in [0.29, 0.717) is 0 Å². The van der Waals surface area contributed by atoms with Crippen molar-refractivity contribution in [2.45, 2.75) is 5.60 Å². The Morgan fingerprint density at radius 1 is 1.20 bits per heavy atom. The maximum Gasteiger partial charge on any atom is 0.353 e. The first-order chi connectivity index (χ1) is 7.14. The third kappa shape index (κ3) is 2.45. The lowest BCUT2D eigenvalue weighted by molar-refractivity contribution is -0.163. The van der Waals surface area contributed by atoms with Gasteiger partial charge >= 0.3 is 5.97 Å². The van der Waals surface area contributed by atoms with Gasteiger partial charge in [0.05, 0.1) is 13.2 Å². The quantitative estimate of drug-likeness (QED) is 0.633. The van der Waals surface area contributed by atoms with Crippen LogP contribution in [0.15, 0.2) is 30.3 Å². The summed E-state index contributed by atoms with van der Waals surface area (Å²) in [5.41, 5.74) is -1.98. The molecule has 82 valence electrons. The molecule has 0 radical (unpaired) electrons. The lowest BCUT2D eigenvalue weighted by atomic mass is 10.1. The summed E-state index contributed by atoms with van der Waals surface area (Å²) in [4.78, 5) is 10.8. The van der Waals surface area contributed by atoms with Crippen LogP contribution in [0.25, 0.3) is 0 Å². The molecule has 0 aromatic heterocycles. The van der Waals surface area contributed by atoms with Gasteiger partial charge in [0.15, 0.2) is 0 Å². The number of rotatable bonds is 5. The van der Waals surface area contributed by atoms with Crippen molar-refractivity contribution in [3.05, 3.63) is 30.3 Å². The summed E-state index contributed by atoms with van der Waals surface area (Å²) in [5.74, 6) is -1.13. The number of carboxylic acids is 1. The molecule has 0 bridgehead atoms. The van der Waals surface area contributed by atoms with Gasteiger partial charge in [-0.1, -0.05) is 18.2 Å². The van der Waals surface area contributed by atoms with Crippen LogP contribution >= 0.6 is 0 Å². The smallest absolute Gasteiger partial charge is 0.353 e. The maximum absolute atomic E-state index is 10.8. The molecular weight excluding hydrogens is 200 g/mol. The van der Waals surface area contributed by atoms with Gasteiger partial charge in [-0.2, -0.15) is 0 Å². The number of carbonyl (C=O) groups is 1. The van der Waals surface area contributed by atoms with Gasteiger partial charge in [0.2, 0.25) is 0 Å². The molecule has 1 aromatic carbocycles. The molecule has 0 aliphatic heterocycles. The van der Waals surface area contributed by atoms with Gasteiger partial charge in [-0.3, -0.25) is 0 Å². The van der Waals surface area contributed by atoms with E-state index >= 15 is 0 Å². The fourth-order valence-corrected chi connectivity index (χ4v) is 1.01. The van der Waals surface area contributed by atoms with Crippen LogP contribution in [0.2, 0.25) is 0 Å². The number of hydrogen-bond donors (Lipinski definition) is 3. The van der Waals surface area contributed by atoms with Crippen LogP contribution in [0.1, 0.15) is 0 Å². The van der Waals surface area contributed by atoms with E-state index in [2.05, 4.69) is 0 Å². The van der Waals surface area contributed by atoms with Gasteiger partial charge in [-0.05, 0) is 12.1 Å². The van der Waals surface area contributed by atoms with Crippen molar-refractivity contribution < 1.29 is 24.9 Å². The summed E-state index contributed by atoms with van der Waals surface area (Å²) in [6.45, 7) is -1.60. The molecule has 0 unspecified atom stereocenters. The molecule has 0 saturated carbocycles. The van der Waals surface area contributed by atoms with Crippen molar-refractivity contribution in [2.24, 2.45) is 0 Å². The molecule has 0 amide bonds. The normalized spacial score (nSPS) is 11.1. The fraction of sp³-hybridized carbons (Fsp3) is 0.300. The van der Waals surface area contributed by atoms with E-state index in [1.807, 2.05) is 0 Å². The Morgan fingerprint density at radius 3 is 2.13 bits per heavy atom. The van der Waals surface area contributed by atoms with Crippen LogP contribution in [0.4, 0.5) is 0 Å². The van der Waals surface area contributed by atoms with Crippen molar-refractivity contribution in [2.75, 3.05) is 13.2 Å². The van der Waals surface area contributed by atoms with E-state index in [1.165, 1.54) is 0 Å². The number of aliphatic hydroxyl groups excluding tert-OH is 2. The molecule has 1 rings (SSSR count). The summed E-state index contributed by atoms with van der Waals surface area (Å²) >= 11 is 0. The predicted molar refractivity (Wildman–Crippen MR) is 51.6 cm³/mol. The molecule has 0 saturated heterocycles. The fourth-order valence-electron chi connectivity index (χ4n) is 1.01. The minimum Gasteiger partial charge on any atom is -0.478 e. The van der Waals surface area contributed by atoms with Crippen LogP contribution in [0, 0.1) is 0 Å². The number of para-hydroxylation sites is 1. The number of aliphatic carboxylic acids is 1. The zero-order chi connectivity index (χ0) is 11.3.